The largest absolute Gasteiger partial charge is 0.494 e. The minimum absolute atomic E-state index is 0.120. The van der Waals surface area contributed by atoms with Crippen LogP contribution < -0.4 is 14.8 Å². The molecule has 1 amide bonds. The molecule has 2 aromatic carbocycles. The van der Waals surface area contributed by atoms with Gasteiger partial charge in [0.25, 0.3) is 5.91 Å². The molecule has 0 bridgehead atoms. The van der Waals surface area contributed by atoms with Gasteiger partial charge in [-0.1, -0.05) is 23.2 Å². The Morgan fingerprint density at radius 2 is 1.69 bits per heavy atom. The molecule has 0 saturated carbocycles. The summed E-state index contributed by atoms with van der Waals surface area (Å²) in [5.41, 5.74) is 0.680. The molecule has 0 saturated heterocycles. The first kappa shape index (κ1) is 19.9. The van der Waals surface area contributed by atoms with Crippen LogP contribution in [0.25, 0.3) is 0 Å². The van der Waals surface area contributed by atoms with Crippen molar-refractivity contribution in [2.75, 3.05) is 25.6 Å². The minimum atomic E-state index is -0.724. The van der Waals surface area contributed by atoms with Crippen LogP contribution >= 0.6 is 23.2 Å². The molecule has 0 atom stereocenters. The first-order valence-corrected chi connectivity index (χ1v) is 8.43. The molecule has 1 N–H and O–H groups in total. The van der Waals surface area contributed by atoms with Crippen molar-refractivity contribution in [3.8, 4) is 11.5 Å². The van der Waals surface area contributed by atoms with Crippen LogP contribution in [0.1, 0.15) is 17.3 Å². The number of hydrogen-bond acceptors (Lipinski definition) is 5. The highest BCUT2D eigenvalue weighted by atomic mass is 35.5. The van der Waals surface area contributed by atoms with E-state index in [0.29, 0.717) is 18.0 Å². The number of benzene rings is 2. The number of anilines is 1. The maximum Gasteiger partial charge on any atom is 0.338 e. The van der Waals surface area contributed by atoms with Gasteiger partial charge < -0.3 is 19.5 Å². The summed E-state index contributed by atoms with van der Waals surface area (Å²) in [5.74, 6) is -0.241. The second-order valence-electron chi connectivity index (χ2n) is 5.05. The molecule has 0 aromatic heterocycles. The van der Waals surface area contributed by atoms with Crippen LogP contribution in [0.4, 0.5) is 5.69 Å². The standard InChI is InChI=1S/C18H17Cl2NO5/c1-3-25-13-6-4-12(5-7-13)21-16(22)10-26-18(23)11-8-14(19)17(24-2)15(20)9-11/h4-9H,3,10H2,1-2H3,(H,21,22). The fourth-order valence-electron chi connectivity index (χ4n) is 2.09. The highest BCUT2D eigenvalue weighted by Crippen LogP contribution is 2.33. The van der Waals surface area contributed by atoms with Crippen molar-refractivity contribution in [2.24, 2.45) is 0 Å². The third kappa shape index (κ3) is 5.28. The van der Waals surface area contributed by atoms with E-state index in [1.54, 1.807) is 24.3 Å². The zero-order valence-electron chi connectivity index (χ0n) is 14.2. The Bertz CT molecular complexity index is 770. The minimum Gasteiger partial charge on any atom is -0.494 e. The van der Waals surface area contributed by atoms with Crippen molar-refractivity contribution in [1.29, 1.82) is 0 Å². The maximum absolute atomic E-state index is 12.0. The van der Waals surface area contributed by atoms with Crippen LogP contribution in [-0.2, 0) is 9.53 Å². The molecule has 0 heterocycles. The number of nitrogens with one attached hydrogen (secondary N) is 1. The number of carbonyl (C=O) groups is 2. The van der Waals surface area contributed by atoms with E-state index in [4.69, 9.17) is 37.4 Å². The lowest BCUT2D eigenvalue weighted by molar-refractivity contribution is -0.119. The Morgan fingerprint density at radius 3 is 2.23 bits per heavy atom. The molecule has 8 heteroatoms. The van der Waals surface area contributed by atoms with Crippen LogP contribution in [0.3, 0.4) is 0 Å². The van der Waals surface area contributed by atoms with Gasteiger partial charge in [0, 0.05) is 5.69 Å². The van der Waals surface area contributed by atoms with E-state index < -0.39 is 18.5 Å². The topological polar surface area (TPSA) is 73.9 Å². The Morgan fingerprint density at radius 1 is 1.08 bits per heavy atom. The molecule has 0 radical (unpaired) electrons. The quantitative estimate of drug-likeness (QED) is 0.708. The monoisotopic (exact) mass is 397 g/mol. The summed E-state index contributed by atoms with van der Waals surface area (Å²) in [5, 5.41) is 2.96. The Labute approximate surface area is 160 Å². The number of rotatable bonds is 7. The molecule has 2 rings (SSSR count). The summed E-state index contributed by atoms with van der Waals surface area (Å²) in [6, 6.07) is 9.55. The van der Waals surface area contributed by atoms with Crippen LogP contribution in [0, 0.1) is 0 Å². The summed E-state index contributed by atoms with van der Waals surface area (Å²) < 4.78 is 15.3. The van der Waals surface area contributed by atoms with Gasteiger partial charge in [0.05, 0.1) is 29.3 Å². The highest BCUT2D eigenvalue weighted by molar-refractivity contribution is 6.37. The van der Waals surface area contributed by atoms with Crippen molar-refractivity contribution in [3.63, 3.8) is 0 Å². The van der Waals surface area contributed by atoms with Crippen molar-refractivity contribution >= 4 is 40.8 Å². The molecular formula is C18H17Cl2NO5. The summed E-state index contributed by atoms with van der Waals surface area (Å²) in [6.45, 7) is 1.99. The van der Waals surface area contributed by atoms with Gasteiger partial charge >= 0.3 is 5.97 Å². The second-order valence-corrected chi connectivity index (χ2v) is 5.87. The van der Waals surface area contributed by atoms with Crippen molar-refractivity contribution in [1.82, 2.24) is 0 Å². The predicted octanol–water partition coefficient (Wildman–Crippen LogP) is 4.20. The summed E-state index contributed by atoms with van der Waals surface area (Å²) in [7, 11) is 1.41. The van der Waals surface area contributed by atoms with Gasteiger partial charge in [-0.25, -0.2) is 4.79 Å². The molecule has 0 aliphatic rings. The number of halogens is 2. The van der Waals surface area contributed by atoms with Gasteiger partial charge in [-0.05, 0) is 43.3 Å². The Kier molecular flexibility index (Phi) is 7.12. The van der Waals surface area contributed by atoms with Crippen LogP contribution in [-0.4, -0.2) is 32.2 Å². The first-order chi connectivity index (χ1) is 12.4. The lowest BCUT2D eigenvalue weighted by Crippen LogP contribution is -2.21. The summed E-state index contributed by atoms with van der Waals surface area (Å²) >= 11 is 12.0. The van der Waals surface area contributed by atoms with Crippen LogP contribution in [0.5, 0.6) is 11.5 Å². The third-order valence-corrected chi connectivity index (χ3v) is 3.78. The van der Waals surface area contributed by atoms with E-state index in [1.807, 2.05) is 6.92 Å². The molecule has 0 aliphatic heterocycles. The van der Waals surface area contributed by atoms with Crippen molar-refractivity contribution in [2.45, 2.75) is 6.92 Å². The average molecular weight is 398 g/mol. The number of hydrogen-bond donors (Lipinski definition) is 1. The lowest BCUT2D eigenvalue weighted by Gasteiger charge is -2.10. The molecule has 26 heavy (non-hydrogen) atoms. The van der Waals surface area contributed by atoms with Gasteiger partial charge in [0.2, 0.25) is 0 Å². The molecule has 138 valence electrons. The molecule has 6 nitrogen and oxygen atoms in total. The van der Waals surface area contributed by atoms with Gasteiger partial charge in [-0.2, -0.15) is 0 Å². The number of esters is 1. The molecule has 2 aromatic rings. The van der Waals surface area contributed by atoms with Gasteiger partial charge in [-0.3, -0.25) is 4.79 Å². The first-order valence-electron chi connectivity index (χ1n) is 7.67. The van der Waals surface area contributed by atoms with E-state index in [1.165, 1.54) is 19.2 Å². The van der Waals surface area contributed by atoms with E-state index in [0.717, 1.165) is 0 Å². The lowest BCUT2D eigenvalue weighted by atomic mass is 10.2. The smallest absolute Gasteiger partial charge is 0.338 e. The molecule has 0 spiro atoms. The van der Waals surface area contributed by atoms with Crippen LogP contribution in [0.2, 0.25) is 10.0 Å². The third-order valence-electron chi connectivity index (χ3n) is 3.22. The van der Waals surface area contributed by atoms with Gasteiger partial charge in [0.1, 0.15) is 5.75 Å². The number of ether oxygens (including phenoxy) is 3. The van der Waals surface area contributed by atoms with Crippen LogP contribution in [0.15, 0.2) is 36.4 Å². The summed E-state index contributed by atoms with van der Waals surface area (Å²) in [6.07, 6.45) is 0. The Hall–Kier alpha value is -2.44. The normalized spacial score (nSPS) is 10.2. The molecule has 0 unspecified atom stereocenters. The molecule has 0 aliphatic carbocycles. The second kappa shape index (κ2) is 9.31. The number of methoxy groups -OCH3 is 1. The van der Waals surface area contributed by atoms with E-state index in [9.17, 15) is 9.59 Å². The molecular weight excluding hydrogens is 381 g/mol. The fraction of sp³-hybridized carbons (Fsp3) is 0.222. The number of amides is 1. The van der Waals surface area contributed by atoms with E-state index >= 15 is 0 Å². The maximum atomic E-state index is 12.0. The SMILES string of the molecule is CCOc1ccc(NC(=O)COC(=O)c2cc(Cl)c(OC)c(Cl)c2)cc1. The summed E-state index contributed by atoms with van der Waals surface area (Å²) in [4.78, 5) is 23.9. The fourth-order valence-corrected chi connectivity index (χ4v) is 2.73. The Balaban J connectivity index is 1.91. The molecule has 0 fully saturated rings. The zero-order valence-corrected chi connectivity index (χ0v) is 15.7. The zero-order chi connectivity index (χ0) is 19.1. The highest BCUT2D eigenvalue weighted by Gasteiger charge is 2.16. The van der Waals surface area contributed by atoms with Gasteiger partial charge in [-0.15, -0.1) is 0 Å². The van der Waals surface area contributed by atoms with E-state index in [2.05, 4.69) is 5.32 Å². The number of carbonyl (C=O) groups excluding carboxylic acids is 2. The van der Waals surface area contributed by atoms with Crippen molar-refractivity contribution < 1.29 is 23.8 Å². The predicted molar refractivity (Wildman–Crippen MR) is 99.5 cm³/mol. The van der Waals surface area contributed by atoms with Crippen molar-refractivity contribution in [3.05, 3.63) is 52.0 Å². The van der Waals surface area contributed by atoms with Gasteiger partial charge in [0.15, 0.2) is 12.4 Å². The average Bonchev–Trinajstić information content (AvgIpc) is 2.61. The van der Waals surface area contributed by atoms with E-state index in [-0.39, 0.29) is 21.4 Å².